The SMILES string of the molecule is COc1ccccc1NC(=O)CC(=O)Nc1cccc(Cl)c1. The van der Waals surface area contributed by atoms with Crippen LogP contribution < -0.4 is 15.4 Å². The standard InChI is InChI=1S/C16H15ClN2O3/c1-22-14-8-3-2-7-13(14)19-16(21)10-15(20)18-12-6-4-5-11(17)9-12/h2-9H,10H2,1H3,(H,18,20)(H,19,21). The number of hydrogen-bond donors (Lipinski definition) is 2. The Morgan fingerprint density at radius 1 is 1.05 bits per heavy atom. The van der Waals surface area contributed by atoms with Crippen LogP contribution in [0.25, 0.3) is 0 Å². The van der Waals surface area contributed by atoms with E-state index in [2.05, 4.69) is 10.6 Å². The molecule has 0 aliphatic heterocycles. The Morgan fingerprint density at radius 2 is 1.77 bits per heavy atom. The Labute approximate surface area is 133 Å². The van der Waals surface area contributed by atoms with E-state index >= 15 is 0 Å². The molecule has 2 amide bonds. The number of para-hydroxylation sites is 2. The lowest BCUT2D eigenvalue weighted by Crippen LogP contribution is -2.21. The van der Waals surface area contributed by atoms with Crippen LogP contribution >= 0.6 is 11.6 Å². The molecule has 114 valence electrons. The van der Waals surface area contributed by atoms with Crippen LogP contribution in [0.1, 0.15) is 6.42 Å². The lowest BCUT2D eigenvalue weighted by Gasteiger charge is -2.10. The number of anilines is 2. The number of hydrogen-bond acceptors (Lipinski definition) is 3. The number of amides is 2. The molecule has 2 rings (SSSR count). The molecule has 2 aromatic carbocycles. The molecule has 0 aromatic heterocycles. The third kappa shape index (κ3) is 4.49. The number of methoxy groups -OCH3 is 1. The molecule has 0 spiro atoms. The third-order valence-corrected chi connectivity index (χ3v) is 3.05. The maximum Gasteiger partial charge on any atom is 0.233 e. The van der Waals surface area contributed by atoms with E-state index in [0.717, 1.165) is 0 Å². The van der Waals surface area contributed by atoms with E-state index in [0.29, 0.717) is 22.1 Å². The average Bonchev–Trinajstić information content (AvgIpc) is 2.47. The minimum atomic E-state index is -0.427. The van der Waals surface area contributed by atoms with Crippen molar-refractivity contribution >= 4 is 34.8 Å². The van der Waals surface area contributed by atoms with Gasteiger partial charge in [0.2, 0.25) is 11.8 Å². The first kappa shape index (κ1) is 15.9. The Bertz CT molecular complexity index is 689. The second kappa shape index (κ2) is 7.47. The molecule has 0 fully saturated rings. The van der Waals surface area contributed by atoms with Gasteiger partial charge in [0, 0.05) is 10.7 Å². The number of ether oxygens (including phenoxy) is 1. The van der Waals surface area contributed by atoms with Crippen molar-refractivity contribution in [2.45, 2.75) is 6.42 Å². The summed E-state index contributed by atoms with van der Waals surface area (Å²) >= 11 is 5.83. The lowest BCUT2D eigenvalue weighted by atomic mass is 10.2. The van der Waals surface area contributed by atoms with Crippen LogP contribution in [0.3, 0.4) is 0 Å². The number of carbonyl (C=O) groups is 2. The van der Waals surface area contributed by atoms with Crippen molar-refractivity contribution < 1.29 is 14.3 Å². The van der Waals surface area contributed by atoms with Gasteiger partial charge in [-0.15, -0.1) is 0 Å². The van der Waals surface area contributed by atoms with Gasteiger partial charge in [-0.3, -0.25) is 9.59 Å². The highest BCUT2D eigenvalue weighted by Crippen LogP contribution is 2.23. The first-order valence-electron chi connectivity index (χ1n) is 6.57. The van der Waals surface area contributed by atoms with Crippen molar-refractivity contribution in [2.24, 2.45) is 0 Å². The maximum atomic E-state index is 11.9. The highest BCUT2D eigenvalue weighted by molar-refractivity contribution is 6.30. The summed E-state index contributed by atoms with van der Waals surface area (Å²) in [7, 11) is 1.51. The molecule has 2 N–H and O–H groups in total. The average molecular weight is 319 g/mol. The summed E-state index contributed by atoms with van der Waals surface area (Å²) in [6, 6.07) is 13.7. The van der Waals surface area contributed by atoms with Crippen LogP contribution in [0.15, 0.2) is 48.5 Å². The van der Waals surface area contributed by atoms with Crippen molar-refractivity contribution in [3.63, 3.8) is 0 Å². The Balaban J connectivity index is 1.93. The molecule has 0 unspecified atom stereocenters. The maximum absolute atomic E-state index is 11.9. The van der Waals surface area contributed by atoms with Crippen LogP contribution in [-0.2, 0) is 9.59 Å². The number of halogens is 1. The smallest absolute Gasteiger partial charge is 0.233 e. The molecular formula is C16H15ClN2O3. The molecule has 0 aliphatic rings. The quantitative estimate of drug-likeness (QED) is 0.831. The van der Waals surface area contributed by atoms with Gasteiger partial charge >= 0.3 is 0 Å². The largest absolute Gasteiger partial charge is 0.495 e. The lowest BCUT2D eigenvalue weighted by molar-refractivity contribution is -0.123. The van der Waals surface area contributed by atoms with Gasteiger partial charge in [-0.25, -0.2) is 0 Å². The van der Waals surface area contributed by atoms with E-state index in [1.807, 2.05) is 0 Å². The summed E-state index contributed by atoms with van der Waals surface area (Å²) < 4.78 is 5.13. The van der Waals surface area contributed by atoms with E-state index in [-0.39, 0.29) is 6.42 Å². The van der Waals surface area contributed by atoms with Crippen molar-refractivity contribution in [1.82, 2.24) is 0 Å². The summed E-state index contributed by atoms with van der Waals surface area (Å²) in [5.41, 5.74) is 1.06. The normalized spacial score (nSPS) is 9.91. The monoisotopic (exact) mass is 318 g/mol. The first-order chi connectivity index (χ1) is 10.6. The molecule has 0 saturated carbocycles. The molecule has 5 nitrogen and oxygen atoms in total. The molecule has 22 heavy (non-hydrogen) atoms. The number of nitrogens with one attached hydrogen (secondary N) is 2. The molecule has 0 radical (unpaired) electrons. The summed E-state index contributed by atoms with van der Waals surface area (Å²) in [5, 5.41) is 5.76. The summed E-state index contributed by atoms with van der Waals surface area (Å²) in [5.74, 6) is -0.315. The third-order valence-electron chi connectivity index (χ3n) is 2.81. The second-order valence-corrected chi connectivity index (χ2v) is 4.92. The van der Waals surface area contributed by atoms with Crippen molar-refractivity contribution in [3.05, 3.63) is 53.6 Å². The molecular weight excluding hydrogens is 304 g/mol. The van der Waals surface area contributed by atoms with E-state index in [9.17, 15) is 9.59 Å². The molecule has 2 aromatic rings. The van der Waals surface area contributed by atoms with E-state index in [1.54, 1.807) is 48.5 Å². The molecule has 0 saturated heterocycles. The van der Waals surface area contributed by atoms with E-state index in [1.165, 1.54) is 7.11 Å². The Morgan fingerprint density at radius 3 is 2.50 bits per heavy atom. The zero-order valence-corrected chi connectivity index (χ0v) is 12.7. The van der Waals surface area contributed by atoms with Crippen molar-refractivity contribution in [2.75, 3.05) is 17.7 Å². The highest BCUT2D eigenvalue weighted by Gasteiger charge is 2.12. The first-order valence-corrected chi connectivity index (χ1v) is 6.94. The fourth-order valence-electron chi connectivity index (χ4n) is 1.86. The van der Waals surface area contributed by atoms with Gasteiger partial charge in [0.15, 0.2) is 0 Å². The second-order valence-electron chi connectivity index (χ2n) is 4.48. The molecule has 0 atom stereocenters. The Kier molecular flexibility index (Phi) is 5.38. The van der Waals surface area contributed by atoms with E-state index in [4.69, 9.17) is 16.3 Å². The van der Waals surface area contributed by atoms with Gasteiger partial charge in [-0.05, 0) is 30.3 Å². The van der Waals surface area contributed by atoms with Crippen molar-refractivity contribution in [3.8, 4) is 5.75 Å². The number of benzene rings is 2. The van der Waals surface area contributed by atoms with Crippen molar-refractivity contribution in [1.29, 1.82) is 0 Å². The fraction of sp³-hybridized carbons (Fsp3) is 0.125. The van der Waals surface area contributed by atoms with Crippen LogP contribution in [0, 0.1) is 0 Å². The Hall–Kier alpha value is -2.53. The van der Waals surface area contributed by atoms with Gasteiger partial charge < -0.3 is 15.4 Å². The van der Waals surface area contributed by atoms with Crippen LogP contribution in [-0.4, -0.2) is 18.9 Å². The minimum absolute atomic E-state index is 0.301. The zero-order valence-electron chi connectivity index (χ0n) is 11.9. The predicted molar refractivity (Wildman–Crippen MR) is 86.3 cm³/mol. The van der Waals surface area contributed by atoms with Crippen LogP contribution in [0.2, 0.25) is 5.02 Å². The zero-order chi connectivity index (χ0) is 15.9. The summed E-state index contributed by atoms with van der Waals surface area (Å²) in [6.07, 6.45) is -0.301. The van der Waals surface area contributed by atoms with Crippen LogP contribution in [0.4, 0.5) is 11.4 Å². The van der Waals surface area contributed by atoms with Gasteiger partial charge in [0.25, 0.3) is 0 Å². The molecule has 0 bridgehead atoms. The predicted octanol–water partition coefficient (Wildman–Crippen LogP) is 3.32. The fourth-order valence-corrected chi connectivity index (χ4v) is 2.05. The van der Waals surface area contributed by atoms with E-state index < -0.39 is 11.8 Å². The van der Waals surface area contributed by atoms with Gasteiger partial charge in [-0.2, -0.15) is 0 Å². The van der Waals surface area contributed by atoms with Gasteiger partial charge in [0.05, 0.1) is 12.8 Å². The van der Waals surface area contributed by atoms with Gasteiger partial charge in [0.1, 0.15) is 12.2 Å². The van der Waals surface area contributed by atoms with Gasteiger partial charge in [-0.1, -0.05) is 29.8 Å². The number of rotatable bonds is 5. The molecule has 0 heterocycles. The number of carbonyl (C=O) groups excluding carboxylic acids is 2. The molecule has 0 aliphatic carbocycles. The minimum Gasteiger partial charge on any atom is -0.495 e. The highest BCUT2D eigenvalue weighted by atomic mass is 35.5. The molecule has 6 heteroatoms. The summed E-state index contributed by atoms with van der Waals surface area (Å²) in [4.78, 5) is 23.7. The topological polar surface area (TPSA) is 67.4 Å². The van der Waals surface area contributed by atoms with Crippen LogP contribution in [0.5, 0.6) is 5.75 Å². The summed E-state index contributed by atoms with van der Waals surface area (Å²) in [6.45, 7) is 0.